The highest BCUT2D eigenvalue weighted by Crippen LogP contribution is 2.16. The van der Waals surface area contributed by atoms with Crippen LogP contribution in [0.15, 0.2) is 24.3 Å². The molecule has 25 heavy (non-hydrogen) atoms. The van der Waals surface area contributed by atoms with Crippen molar-refractivity contribution in [3.05, 3.63) is 29.8 Å². The summed E-state index contributed by atoms with van der Waals surface area (Å²) in [6.45, 7) is 1.34. The summed E-state index contributed by atoms with van der Waals surface area (Å²) in [5.41, 5.74) is 5.58. The highest BCUT2D eigenvalue weighted by molar-refractivity contribution is 5.92. The average molecular weight is 370 g/mol. The van der Waals surface area contributed by atoms with Gasteiger partial charge in [0.25, 0.3) is 5.91 Å². The molecule has 1 aromatic rings. The van der Waals surface area contributed by atoms with Crippen LogP contribution in [0.2, 0.25) is 0 Å². The predicted octanol–water partition coefficient (Wildman–Crippen LogP) is 2.01. The number of hydrogen-bond donors (Lipinski definition) is 3. The number of benzene rings is 1. The van der Waals surface area contributed by atoms with E-state index >= 15 is 0 Å². The van der Waals surface area contributed by atoms with Crippen molar-refractivity contribution in [1.82, 2.24) is 10.6 Å². The van der Waals surface area contributed by atoms with Gasteiger partial charge in [0, 0.05) is 24.7 Å². The lowest BCUT2D eigenvalue weighted by Gasteiger charge is -2.16. The highest BCUT2D eigenvalue weighted by atomic mass is 35.5. The van der Waals surface area contributed by atoms with Crippen molar-refractivity contribution in [2.24, 2.45) is 5.73 Å². The van der Waals surface area contributed by atoms with E-state index in [0.717, 1.165) is 6.54 Å². The molecule has 7 heteroatoms. The van der Waals surface area contributed by atoms with E-state index < -0.39 is 5.91 Å². The molecule has 0 bridgehead atoms. The summed E-state index contributed by atoms with van der Waals surface area (Å²) in [5, 5.41) is 6.35. The zero-order valence-electron chi connectivity index (χ0n) is 14.5. The van der Waals surface area contributed by atoms with Crippen LogP contribution >= 0.6 is 12.4 Å². The molecule has 2 rings (SSSR count). The van der Waals surface area contributed by atoms with Gasteiger partial charge in [0.15, 0.2) is 6.61 Å². The van der Waals surface area contributed by atoms with Crippen molar-refractivity contribution in [2.75, 3.05) is 19.7 Å². The minimum absolute atomic E-state index is 0. The third-order valence-electron chi connectivity index (χ3n) is 4.24. The number of carbonyl (C=O) groups excluding carboxylic acids is 2. The SMILES string of the molecule is Cl.NC(=O)c1ccc(OCC(=O)NCCNC2CCCCCC2)cc1. The highest BCUT2D eigenvalue weighted by Gasteiger charge is 2.11. The molecular weight excluding hydrogens is 342 g/mol. The van der Waals surface area contributed by atoms with Gasteiger partial charge in [-0.1, -0.05) is 25.7 Å². The van der Waals surface area contributed by atoms with E-state index in [1.165, 1.54) is 38.5 Å². The van der Waals surface area contributed by atoms with Gasteiger partial charge in [-0.2, -0.15) is 0 Å². The molecule has 0 atom stereocenters. The molecule has 0 aromatic heterocycles. The van der Waals surface area contributed by atoms with Crippen LogP contribution in [0, 0.1) is 0 Å². The number of ether oxygens (including phenoxy) is 1. The monoisotopic (exact) mass is 369 g/mol. The summed E-state index contributed by atoms with van der Waals surface area (Å²) in [6, 6.07) is 6.99. The topological polar surface area (TPSA) is 93.5 Å². The molecule has 1 saturated carbocycles. The fourth-order valence-corrected chi connectivity index (χ4v) is 2.88. The smallest absolute Gasteiger partial charge is 0.257 e. The molecule has 1 aliphatic rings. The first-order valence-electron chi connectivity index (χ1n) is 8.68. The van der Waals surface area contributed by atoms with Gasteiger partial charge in [-0.15, -0.1) is 12.4 Å². The fourth-order valence-electron chi connectivity index (χ4n) is 2.88. The van der Waals surface area contributed by atoms with Gasteiger partial charge >= 0.3 is 0 Å². The maximum Gasteiger partial charge on any atom is 0.257 e. The minimum Gasteiger partial charge on any atom is -0.484 e. The summed E-state index contributed by atoms with van der Waals surface area (Å²) < 4.78 is 5.38. The summed E-state index contributed by atoms with van der Waals surface area (Å²) in [6.07, 6.45) is 7.74. The van der Waals surface area contributed by atoms with Crippen molar-refractivity contribution in [3.63, 3.8) is 0 Å². The lowest BCUT2D eigenvalue weighted by molar-refractivity contribution is -0.123. The average Bonchev–Trinajstić information content (AvgIpc) is 2.86. The van der Waals surface area contributed by atoms with Gasteiger partial charge in [0.05, 0.1) is 0 Å². The molecule has 0 unspecified atom stereocenters. The molecule has 1 aromatic carbocycles. The van der Waals surface area contributed by atoms with Crippen molar-refractivity contribution in [1.29, 1.82) is 0 Å². The van der Waals surface area contributed by atoms with Crippen LogP contribution in [0.5, 0.6) is 5.75 Å². The summed E-state index contributed by atoms with van der Waals surface area (Å²) >= 11 is 0. The Balaban J connectivity index is 0.00000312. The van der Waals surface area contributed by atoms with Gasteiger partial charge in [-0.25, -0.2) is 0 Å². The molecule has 2 amide bonds. The Bertz CT molecular complexity index is 529. The number of nitrogens with two attached hydrogens (primary N) is 1. The summed E-state index contributed by atoms with van der Waals surface area (Å²) in [5.74, 6) is -0.108. The Hall–Kier alpha value is -1.79. The number of primary amides is 1. The third-order valence-corrected chi connectivity index (χ3v) is 4.24. The van der Waals surface area contributed by atoms with Crippen molar-refractivity contribution < 1.29 is 14.3 Å². The summed E-state index contributed by atoms with van der Waals surface area (Å²) in [4.78, 5) is 22.7. The van der Waals surface area contributed by atoms with Crippen molar-refractivity contribution >= 4 is 24.2 Å². The van der Waals surface area contributed by atoms with E-state index in [0.29, 0.717) is 23.9 Å². The largest absolute Gasteiger partial charge is 0.484 e. The zero-order valence-corrected chi connectivity index (χ0v) is 15.3. The number of hydrogen-bond acceptors (Lipinski definition) is 4. The molecule has 140 valence electrons. The fraction of sp³-hybridized carbons (Fsp3) is 0.556. The zero-order chi connectivity index (χ0) is 17.2. The van der Waals surface area contributed by atoms with Crippen LogP contribution < -0.4 is 21.1 Å². The molecule has 0 radical (unpaired) electrons. The maximum absolute atomic E-state index is 11.8. The lowest BCUT2D eigenvalue weighted by Crippen LogP contribution is -2.38. The molecule has 0 heterocycles. The van der Waals surface area contributed by atoms with Gasteiger partial charge in [0.2, 0.25) is 5.91 Å². The standard InChI is InChI=1S/C18H27N3O3.ClH/c19-18(23)14-7-9-16(10-8-14)24-13-17(22)21-12-11-20-15-5-3-1-2-4-6-15;/h7-10,15,20H,1-6,11-13H2,(H2,19,23)(H,21,22);1H. The van der Waals surface area contributed by atoms with Gasteiger partial charge in [0.1, 0.15) is 5.75 Å². The number of carbonyl (C=O) groups is 2. The minimum atomic E-state index is -0.486. The van der Waals surface area contributed by atoms with E-state index in [1.54, 1.807) is 24.3 Å². The predicted molar refractivity (Wildman–Crippen MR) is 100 cm³/mol. The first-order valence-corrected chi connectivity index (χ1v) is 8.68. The third kappa shape index (κ3) is 8.23. The quantitative estimate of drug-likeness (QED) is 0.482. The first kappa shape index (κ1) is 21.3. The van der Waals surface area contributed by atoms with Crippen LogP contribution in [0.1, 0.15) is 48.9 Å². The Kier molecular flexibility index (Phi) is 9.96. The second-order valence-electron chi connectivity index (χ2n) is 6.17. The summed E-state index contributed by atoms with van der Waals surface area (Å²) in [7, 11) is 0. The van der Waals surface area contributed by atoms with E-state index in [9.17, 15) is 9.59 Å². The van der Waals surface area contributed by atoms with E-state index in [1.807, 2.05) is 0 Å². The molecule has 1 fully saturated rings. The van der Waals surface area contributed by atoms with Crippen LogP contribution in [-0.4, -0.2) is 37.6 Å². The number of nitrogens with one attached hydrogen (secondary N) is 2. The van der Waals surface area contributed by atoms with Crippen LogP contribution in [0.4, 0.5) is 0 Å². The molecule has 0 saturated heterocycles. The lowest BCUT2D eigenvalue weighted by atomic mass is 10.1. The second kappa shape index (κ2) is 11.7. The van der Waals surface area contributed by atoms with Crippen LogP contribution in [-0.2, 0) is 4.79 Å². The second-order valence-corrected chi connectivity index (χ2v) is 6.17. The number of rotatable bonds is 8. The van der Waals surface area contributed by atoms with Crippen LogP contribution in [0.25, 0.3) is 0 Å². The van der Waals surface area contributed by atoms with Crippen molar-refractivity contribution in [3.8, 4) is 5.75 Å². The van der Waals surface area contributed by atoms with E-state index in [-0.39, 0.29) is 24.9 Å². The van der Waals surface area contributed by atoms with Gasteiger partial charge in [-0.05, 0) is 37.1 Å². The number of amides is 2. The molecule has 4 N–H and O–H groups in total. The van der Waals surface area contributed by atoms with Crippen LogP contribution in [0.3, 0.4) is 0 Å². The Labute approximate surface area is 155 Å². The maximum atomic E-state index is 11.8. The van der Waals surface area contributed by atoms with E-state index in [4.69, 9.17) is 10.5 Å². The Morgan fingerprint density at radius 1 is 1.04 bits per heavy atom. The van der Waals surface area contributed by atoms with Gasteiger partial charge < -0.3 is 21.1 Å². The Morgan fingerprint density at radius 3 is 2.28 bits per heavy atom. The van der Waals surface area contributed by atoms with Gasteiger partial charge in [-0.3, -0.25) is 9.59 Å². The molecular formula is C18H28ClN3O3. The molecule has 6 nitrogen and oxygen atoms in total. The first-order chi connectivity index (χ1) is 11.6. The molecule has 1 aliphatic carbocycles. The van der Waals surface area contributed by atoms with E-state index in [2.05, 4.69) is 10.6 Å². The Morgan fingerprint density at radius 2 is 1.68 bits per heavy atom. The number of halogens is 1. The molecule has 0 spiro atoms. The molecule has 0 aliphatic heterocycles. The van der Waals surface area contributed by atoms with Crippen molar-refractivity contribution in [2.45, 2.75) is 44.6 Å². The normalized spacial score (nSPS) is 14.9.